The number of aryl methyl sites for hydroxylation is 1. The molecule has 0 spiro atoms. The number of benzene rings is 1. The zero-order valence-corrected chi connectivity index (χ0v) is 16.3. The summed E-state index contributed by atoms with van der Waals surface area (Å²) in [7, 11) is 0. The van der Waals surface area contributed by atoms with Gasteiger partial charge >= 0.3 is 0 Å². The second-order valence-electron chi connectivity index (χ2n) is 6.39. The molecular formula is C24H34O2. The summed E-state index contributed by atoms with van der Waals surface area (Å²) in [5, 5.41) is 0. The molecule has 1 rings (SSSR count). The van der Waals surface area contributed by atoms with Crippen LogP contribution in [0.1, 0.15) is 74.2 Å². The Morgan fingerprint density at radius 2 is 1.69 bits per heavy atom. The normalized spacial score (nSPS) is 11.3. The van der Waals surface area contributed by atoms with E-state index in [1.165, 1.54) is 32.1 Å². The van der Waals surface area contributed by atoms with Crippen LogP contribution < -0.4 is 4.74 Å². The lowest BCUT2D eigenvalue weighted by Gasteiger charge is -2.10. The Kier molecular flexibility index (Phi) is 12.8. The summed E-state index contributed by atoms with van der Waals surface area (Å²) in [6, 6.07) is 5.90. The fourth-order valence-corrected chi connectivity index (χ4v) is 2.91. The average Bonchev–Trinajstić information content (AvgIpc) is 2.66. The van der Waals surface area contributed by atoms with Gasteiger partial charge in [0.25, 0.3) is 0 Å². The van der Waals surface area contributed by atoms with Gasteiger partial charge in [-0.05, 0) is 57.1 Å². The maximum Gasteiger partial charge on any atom is 0.154 e. The highest BCUT2D eigenvalue weighted by Gasteiger charge is 2.08. The molecule has 0 aromatic heterocycles. The highest BCUT2D eigenvalue weighted by atomic mass is 16.5. The molecule has 1 aromatic rings. The summed E-state index contributed by atoms with van der Waals surface area (Å²) in [5.74, 6) is 0.714. The Balaban J connectivity index is 2.14. The number of unbranched alkanes of at least 4 members (excludes halogenated alkanes) is 5. The summed E-state index contributed by atoms with van der Waals surface area (Å²) in [5.41, 5.74) is 1.83. The predicted octanol–water partition coefficient (Wildman–Crippen LogP) is 6.86. The quantitative estimate of drug-likeness (QED) is 0.195. The third-order valence-corrected chi connectivity index (χ3v) is 4.30. The Hall–Kier alpha value is -2.09. The predicted molar refractivity (Wildman–Crippen MR) is 112 cm³/mol. The van der Waals surface area contributed by atoms with E-state index in [-0.39, 0.29) is 0 Å². The maximum atomic E-state index is 11.4. The molecule has 0 saturated heterocycles. The van der Waals surface area contributed by atoms with Crippen LogP contribution in [0.15, 0.2) is 55.2 Å². The van der Waals surface area contributed by atoms with Gasteiger partial charge in [-0.2, -0.15) is 0 Å². The zero-order chi connectivity index (χ0) is 18.9. The van der Waals surface area contributed by atoms with Gasteiger partial charge in [-0.15, -0.1) is 6.58 Å². The Labute approximate surface area is 159 Å². The van der Waals surface area contributed by atoms with Crippen molar-refractivity contribution in [2.75, 3.05) is 6.61 Å². The molecular weight excluding hydrogens is 320 g/mol. The molecule has 1 aromatic carbocycles. The monoisotopic (exact) mass is 354 g/mol. The summed E-state index contributed by atoms with van der Waals surface area (Å²) in [6.07, 6.45) is 21.9. The Morgan fingerprint density at radius 1 is 0.962 bits per heavy atom. The lowest BCUT2D eigenvalue weighted by molar-refractivity contribution is 0.111. The van der Waals surface area contributed by atoms with Crippen LogP contribution in [0.5, 0.6) is 5.75 Å². The van der Waals surface area contributed by atoms with Gasteiger partial charge in [0.1, 0.15) is 5.75 Å². The summed E-state index contributed by atoms with van der Waals surface area (Å²) < 4.78 is 5.54. The van der Waals surface area contributed by atoms with Gasteiger partial charge < -0.3 is 4.74 Å². The molecule has 0 bridgehead atoms. The van der Waals surface area contributed by atoms with E-state index in [0.29, 0.717) is 12.4 Å². The van der Waals surface area contributed by atoms with E-state index in [1.807, 2.05) is 31.2 Å². The van der Waals surface area contributed by atoms with Gasteiger partial charge in [-0.25, -0.2) is 0 Å². The number of carbonyl (C=O) groups excluding carboxylic acids is 1. The number of hydrogen-bond acceptors (Lipinski definition) is 2. The minimum Gasteiger partial charge on any atom is -0.493 e. The first kappa shape index (κ1) is 22.0. The van der Waals surface area contributed by atoms with Gasteiger partial charge in [0, 0.05) is 0 Å². The smallest absolute Gasteiger partial charge is 0.154 e. The van der Waals surface area contributed by atoms with Crippen LogP contribution in [0.3, 0.4) is 0 Å². The van der Waals surface area contributed by atoms with Gasteiger partial charge in [0.2, 0.25) is 0 Å². The highest BCUT2D eigenvalue weighted by Crippen LogP contribution is 2.22. The van der Waals surface area contributed by atoms with Crippen LogP contribution in [-0.2, 0) is 6.42 Å². The van der Waals surface area contributed by atoms with Gasteiger partial charge in [-0.1, -0.05) is 61.8 Å². The van der Waals surface area contributed by atoms with Crippen molar-refractivity contribution < 1.29 is 9.53 Å². The first-order valence-electron chi connectivity index (χ1n) is 9.94. The molecule has 0 N–H and O–H groups in total. The van der Waals surface area contributed by atoms with Crippen LogP contribution in [0, 0.1) is 0 Å². The second kappa shape index (κ2) is 15.2. The second-order valence-corrected chi connectivity index (χ2v) is 6.39. The summed E-state index contributed by atoms with van der Waals surface area (Å²) >= 11 is 0. The number of rotatable bonds is 15. The highest BCUT2D eigenvalue weighted by molar-refractivity contribution is 5.81. The molecule has 142 valence electrons. The number of hydrogen-bond donors (Lipinski definition) is 0. The SMILES string of the molecule is C=CC/C=C\C/C=C\CCCCCCCc1cccc(OCC)c1C=O. The molecule has 0 aliphatic carbocycles. The van der Waals surface area contributed by atoms with E-state index in [4.69, 9.17) is 4.74 Å². The number of carbonyl (C=O) groups is 1. The fraction of sp³-hybridized carbons (Fsp3) is 0.458. The molecule has 0 aliphatic heterocycles. The van der Waals surface area contributed by atoms with Crippen LogP contribution in [0.2, 0.25) is 0 Å². The van der Waals surface area contributed by atoms with E-state index < -0.39 is 0 Å². The van der Waals surface area contributed by atoms with Crippen LogP contribution >= 0.6 is 0 Å². The number of ether oxygens (including phenoxy) is 1. The number of aldehydes is 1. The van der Waals surface area contributed by atoms with E-state index >= 15 is 0 Å². The lowest BCUT2D eigenvalue weighted by Crippen LogP contribution is -2.00. The van der Waals surface area contributed by atoms with E-state index in [2.05, 4.69) is 30.9 Å². The molecule has 0 fully saturated rings. The molecule has 0 heterocycles. The average molecular weight is 355 g/mol. The molecule has 0 unspecified atom stereocenters. The van der Waals surface area contributed by atoms with E-state index in [1.54, 1.807) is 0 Å². The maximum absolute atomic E-state index is 11.4. The number of allylic oxidation sites excluding steroid dienone is 5. The van der Waals surface area contributed by atoms with Gasteiger partial charge in [0.15, 0.2) is 6.29 Å². The largest absolute Gasteiger partial charge is 0.493 e. The topological polar surface area (TPSA) is 26.3 Å². The van der Waals surface area contributed by atoms with Crippen molar-refractivity contribution in [2.24, 2.45) is 0 Å². The van der Waals surface area contributed by atoms with Gasteiger partial charge in [0.05, 0.1) is 12.2 Å². The van der Waals surface area contributed by atoms with Crippen molar-refractivity contribution in [3.05, 3.63) is 66.3 Å². The summed E-state index contributed by atoms with van der Waals surface area (Å²) in [4.78, 5) is 11.4. The van der Waals surface area contributed by atoms with Crippen molar-refractivity contribution in [2.45, 2.75) is 64.7 Å². The van der Waals surface area contributed by atoms with Gasteiger partial charge in [-0.3, -0.25) is 4.79 Å². The minimum atomic E-state index is 0.587. The minimum absolute atomic E-state index is 0.587. The first-order chi connectivity index (χ1) is 12.8. The Morgan fingerprint density at radius 3 is 2.46 bits per heavy atom. The molecule has 0 atom stereocenters. The molecule has 0 saturated carbocycles. The van der Waals surface area contributed by atoms with Crippen molar-refractivity contribution >= 4 is 6.29 Å². The summed E-state index contributed by atoms with van der Waals surface area (Å²) in [6.45, 7) is 6.22. The van der Waals surface area contributed by atoms with E-state index in [9.17, 15) is 4.79 Å². The molecule has 2 heteroatoms. The van der Waals surface area contributed by atoms with Crippen molar-refractivity contribution in [1.82, 2.24) is 0 Å². The molecule has 0 amide bonds. The standard InChI is InChI=1S/C24H34O2/c1-3-5-6-7-8-9-10-11-12-13-14-15-16-18-22-19-17-20-24(26-4-2)23(22)21-25/h3,6-7,9-10,17,19-21H,1,4-5,8,11-16,18H2,2H3/b7-6-,10-9-. The van der Waals surface area contributed by atoms with Crippen molar-refractivity contribution in [3.63, 3.8) is 0 Å². The third-order valence-electron chi connectivity index (χ3n) is 4.30. The first-order valence-corrected chi connectivity index (χ1v) is 9.94. The van der Waals surface area contributed by atoms with Crippen LogP contribution in [0.4, 0.5) is 0 Å². The van der Waals surface area contributed by atoms with E-state index in [0.717, 1.165) is 43.1 Å². The molecule has 0 aliphatic rings. The third kappa shape index (κ3) is 9.41. The molecule has 26 heavy (non-hydrogen) atoms. The molecule has 0 radical (unpaired) electrons. The Bertz CT molecular complexity index is 570. The zero-order valence-electron chi connectivity index (χ0n) is 16.3. The van der Waals surface area contributed by atoms with Crippen molar-refractivity contribution in [1.29, 1.82) is 0 Å². The fourth-order valence-electron chi connectivity index (χ4n) is 2.91. The van der Waals surface area contributed by atoms with Crippen LogP contribution in [-0.4, -0.2) is 12.9 Å². The van der Waals surface area contributed by atoms with Crippen molar-refractivity contribution in [3.8, 4) is 5.75 Å². The lowest BCUT2D eigenvalue weighted by atomic mass is 10.00. The van der Waals surface area contributed by atoms with Crippen LogP contribution in [0.25, 0.3) is 0 Å². The molecule has 2 nitrogen and oxygen atoms in total.